The van der Waals surface area contributed by atoms with Crippen molar-refractivity contribution in [2.75, 3.05) is 11.4 Å². The highest BCUT2D eigenvalue weighted by Gasteiger charge is 2.21. The molecule has 0 saturated heterocycles. The maximum Gasteiger partial charge on any atom is 0.221 e. The minimum absolute atomic E-state index is 0.00615. The first-order chi connectivity index (χ1) is 16.4. The fourth-order valence-electron chi connectivity index (χ4n) is 3.51. The van der Waals surface area contributed by atoms with Gasteiger partial charge in [-0.1, -0.05) is 73.5 Å². The van der Waals surface area contributed by atoms with E-state index < -0.39 is 0 Å². The van der Waals surface area contributed by atoms with Crippen molar-refractivity contribution >= 4 is 34.6 Å². The van der Waals surface area contributed by atoms with Gasteiger partial charge in [0.05, 0.1) is 11.0 Å². The summed E-state index contributed by atoms with van der Waals surface area (Å²) in [5, 5.41) is 2.67. The van der Waals surface area contributed by atoms with Crippen LogP contribution in [0, 0.1) is 5.92 Å². The van der Waals surface area contributed by atoms with E-state index in [0.29, 0.717) is 5.70 Å². The summed E-state index contributed by atoms with van der Waals surface area (Å²) < 4.78 is 4.27. The number of nitrogens with zero attached hydrogens (tertiary/aromatic N) is 3. The van der Waals surface area contributed by atoms with Gasteiger partial charge in [0, 0.05) is 42.7 Å². The largest absolute Gasteiger partial charge is 0.331 e. The third kappa shape index (κ3) is 9.60. The molecule has 1 aliphatic carbocycles. The molecule has 0 spiro atoms. The van der Waals surface area contributed by atoms with Crippen molar-refractivity contribution < 1.29 is 4.79 Å². The number of hydrogen-bond acceptors (Lipinski definition) is 4. The van der Waals surface area contributed by atoms with Crippen LogP contribution in [0.2, 0.25) is 0 Å². The fraction of sp³-hybridized carbons (Fsp3) is 0.517. The second kappa shape index (κ2) is 14.2. The lowest BCUT2D eigenvalue weighted by molar-refractivity contribution is -0.118. The van der Waals surface area contributed by atoms with E-state index in [0.717, 1.165) is 33.4 Å². The van der Waals surface area contributed by atoms with Gasteiger partial charge >= 0.3 is 0 Å². The third-order valence-corrected chi connectivity index (χ3v) is 6.67. The van der Waals surface area contributed by atoms with Crippen LogP contribution in [0.1, 0.15) is 80.5 Å². The highest BCUT2D eigenvalue weighted by Crippen LogP contribution is 2.31. The number of carbonyl (C=O) groups excluding carboxylic acids is 1. The van der Waals surface area contributed by atoms with Gasteiger partial charge in [-0.15, -0.1) is 0 Å². The molecule has 1 fully saturated rings. The van der Waals surface area contributed by atoms with E-state index in [1.54, 1.807) is 18.0 Å². The molecular weight excluding hydrogens is 452 g/mol. The summed E-state index contributed by atoms with van der Waals surface area (Å²) in [7, 11) is 4.10. The van der Waals surface area contributed by atoms with Crippen molar-refractivity contribution in [2.45, 2.75) is 80.1 Å². The van der Waals surface area contributed by atoms with Gasteiger partial charge in [-0.05, 0) is 55.1 Å². The number of fused-ring (bicyclic) bond motifs is 1. The molecule has 0 aliphatic heterocycles. The van der Waals surface area contributed by atoms with Gasteiger partial charge < -0.3 is 14.2 Å². The summed E-state index contributed by atoms with van der Waals surface area (Å²) in [4.78, 5) is 17.0. The summed E-state index contributed by atoms with van der Waals surface area (Å²) in [5.74, 6) is 2.01. The third-order valence-electron chi connectivity index (χ3n) is 5.60. The minimum atomic E-state index is -0.125. The standard InChI is InChI=1S/C22H30N4OS.C5H10.C2H6/c1-9-18(12-10-15(2)23-16(3)27)28-26(8)17-11-13-20-19(14-17)24-21(25(20)7)22(4,5)6;1-5-3-2-4-5;1-2/h9-14H,2H2,1,3-8H3,(H,23,27);5H,2-4H2,1H3;1-2H3/b12-10-,18-9+;;. The lowest BCUT2D eigenvalue weighted by Gasteiger charge is -2.18. The van der Waals surface area contributed by atoms with E-state index in [2.05, 4.69) is 73.7 Å². The predicted molar refractivity (Wildman–Crippen MR) is 156 cm³/mol. The highest BCUT2D eigenvalue weighted by atomic mass is 32.2. The summed E-state index contributed by atoms with van der Waals surface area (Å²) >= 11 is 1.60. The smallest absolute Gasteiger partial charge is 0.221 e. The lowest BCUT2D eigenvalue weighted by Crippen LogP contribution is -2.17. The van der Waals surface area contributed by atoms with E-state index >= 15 is 0 Å². The van der Waals surface area contributed by atoms with Crippen LogP contribution in [0.5, 0.6) is 0 Å². The molecule has 3 rings (SSSR count). The van der Waals surface area contributed by atoms with Gasteiger partial charge in [-0.25, -0.2) is 4.98 Å². The van der Waals surface area contributed by atoms with Crippen molar-refractivity contribution in [1.29, 1.82) is 0 Å². The van der Waals surface area contributed by atoms with E-state index in [4.69, 9.17) is 4.98 Å². The molecule has 1 N–H and O–H groups in total. The van der Waals surface area contributed by atoms with Crippen LogP contribution in [0.25, 0.3) is 11.0 Å². The van der Waals surface area contributed by atoms with Gasteiger partial charge in [0.2, 0.25) is 5.91 Å². The van der Waals surface area contributed by atoms with Gasteiger partial charge in [0.15, 0.2) is 0 Å². The van der Waals surface area contributed by atoms with Crippen LogP contribution in [0.15, 0.2) is 53.6 Å². The van der Waals surface area contributed by atoms with E-state index in [1.807, 2.05) is 40.0 Å². The Morgan fingerprint density at radius 2 is 1.86 bits per heavy atom. The number of rotatable bonds is 6. The maximum atomic E-state index is 11.1. The fourth-order valence-corrected chi connectivity index (χ4v) is 4.28. The van der Waals surface area contributed by atoms with Gasteiger partial charge in [-0.3, -0.25) is 4.79 Å². The number of benzene rings is 1. The Bertz CT molecular complexity index is 1040. The molecule has 6 heteroatoms. The van der Waals surface area contributed by atoms with E-state index in [-0.39, 0.29) is 11.3 Å². The van der Waals surface area contributed by atoms with Crippen molar-refractivity contribution in [1.82, 2.24) is 14.9 Å². The molecule has 1 saturated carbocycles. The SMILES string of the molecule is C=C(/C=C\C(=C/C)SN(C)c1ccc2c(c1)nc(C(C)(C)C)n2C)NC(C)=O.CC.CC1CCC1. The zero-order chi connectivity index (χ0) is 26.8. The molecular formula is C29H46N4OS. The quantitative estimate of drug-likeness (QED) is 0.325. The minimum Gasteiger partial charge on any atom is -0.331 e. The Kier molecular flexibility index (Phi) is 12.4. The topological polar surface area (TPSA) is 50.2 Å². The van der Waals surface area contributed by atoms with Crippen LogP contribution in [-0.2, 0) is 17.3 Å². The average molecular weight is 499 g/mol. The Morgan fingerprint density at radius 3 is 2.31 bits per heavy atom. The van der Waals surface area contributed by atoms with Crippen molar-refractivity contribution in [3.05, 3.63) is 59.4 Å². The molecule has 0 radical (unpaired) electrons. The number of imidazole rings is 1. The number of hydrogen-bond donors (Lipinski definition) is 1. The second-order valence-electron chi connectivity index (χ2n) is 9.77. The summed E-state index contributed by atoms with van der Waals surface area (Å²) in [5.41, 5.74) is 3.76. The average Bonchev–Trinajstić information content (AvgIpc) is 3.12. The molecule has 1 aromatic carbocycles. The molecule has 5 nitrogen and oxygen atoms in total. The van der Waals surface area contributed by atoms with E-state index in [9.17, 15) is 4.79 Å². The zero-order valence-corrected chi connectivity index (χ0v) is 24.3. The van der Waals surface area contributed by atoms with Crippen molar-refractivity contribution in [3.8, 4) is 0 Å². The number of nitrogens with one attached hydrogen (secondary N) is 1. The number of allylic oxidation sites excluding steroid dienone is 3. The Morgan fingerprint density at radius 1 is 1.26 bits per heavy atom. The molecule has 0 unspecified atom stereocenters. The van der Waals surface area contributed by atoms with Crippen LogP contribution < -0.4 is 9.62 Å². The first-order valence-corrected chi connectivity index (χ1v) is 13.4. The number of amides is 1. The highest BCUT2D eigenvalue weighted by molar-refractivity contribution is 8.04. The van der Waals surface area contributed by atoms with Crippen LogP contribution >= 0.6 is 11.9 Å². The number of carbonyl (C=O) groups is 1. The summed E-state index contributed by atoms with van der Waals surface area (Å²) in [6.07, 6.45) is 10.2. The Labute approximate surface area is 217 Å². The van der Waals surface area contributed by atoms with Gasteiger partial charge in [0.1, 0.15) is 5.82 Å². The predicted octanol–water partition coefficient (Wildman–Crippen LogP) is 7.90. The molecule has 2 aromatic rings. The second-order valence-corrected chi connectivity index (χ2v) is 11.0. The Hall–Kier alpha value is -2.47. The Balaban J connectivity index is 0.000000759. The van der Waals surface area contributed by atoms with Gasteiger partial charge in [0.25, 0.3) is 0 Å². The molecule has 1 aliphatic rings. The maximum absolute atomic E-state index is 11.1. The van der Waals surface area contributed by atoms with Crippen LogP contribution in [0.4, 0.5) is 5.69 Å². The first-order valence-electron chi connectivity index (χ1n) is 12.6. The molecule has 194 valence electrons. The molecule has 1 aromatic heterocycles. The van der Waals surface area contributed by atoms with Crippen LogP contribution in [0.3, 0.4) is 0 Å². The van der Waals surface area contributed by atoms with Crippen LogP contribution in [-0.4, -0.2) is 22.5 Å². The lowest BCUT2D eigenvalue weighted by atomic mass is 9.88. The van der Waals surface area contributed by atoms with E-state index in [1.165, 1.54) is 26.2 Å². The normalized spacial score (nSPS) is 13.9. The molecule has 0 bridgehead atoms. The number of aryl methyl sites for hydroxylation is 1. The molecule has 0 atom stereocenters. The van der Waals surface area contributed by atoms with Gasteiger partial charge in [-0.2, -0.15) is 0 Å². The first kappa shape index (κ1) is 30.6. The van der Waals surface area contributed by atoms with Crippen molar-refractivity contribution in [3.63, 3.8) is 0 Å². The molecule has 1 heterocycles. The number of anilines is 1. The monoisotopic (exact) mass is 498 g/mol. The molecule has 35 heavy (non-hydrogen) atoms. The van der Waals surface area contributed by atoms with Crippen molar-refractivity contribution in [2.24, 2.45) is 13.0 Å². The zero-order valence-electron chi connectivity index (χ0n) is 23.5. The summed E-state index contributed by atoms with van der Waals surface area (Å²) in [6, 6.07) is 6.34. The summed E-state index contributed by atoms with van der Waals surface area (Å²) in [6.45, 7) is 20.1. The molecule has 1 amide bonds. The number of aromatic nitrogens is 2.